The first-order valence-electron chi connectivity index (χ1n) is 6.54. The highest BCUT2D eigenvalue weighted by Crippen LogP contribution is 2.32. The van der Waals surface area contributed by atoms with Crippen molar-refractivity contribution in [3.8, 4) is 0 Å². The molecule has 0 saturated heterocycles. The van der Waals surface area contributed by atoms with E-state index in [9.17, 15) is 4.79 Å². The van der Waals surface area contributed by atoms with Crippen molar-refractivity contribution in [2.45, 2.75) is 25.9 Å². The normalized spacial score (nSPS) is 14.0. The molecule has 0 heterocycles. The van der Waals surface area contributed by atoms with Crippen LogP contribution in [0.15, 0.2) is 12.1 Å². The van der Waals surface area contributed by atoms with Gasteiger partial charge in [0, 0.05) is 16.8 Å². The van der Waals surface area contributed by atoms with E-state index < -0.39 is 0 Å². The first-order valence-corrected chi connectivity index (χ1v) is 8.69. The number of nitrogens with two attached hydrogens (primary N) is 1. The summed E-state index contributed by atoms with van der Waals surface area (Å²) in [5.74, 6) is 0.805. The van der Waals surface area contributed by atoms with Crippen LogP contribution in [-0.2, 0) is 4.79 Å². The van der Waals surface area contributed by atoms with Gasteiger partial charge in [-0.05, 0) is 39.3 Å². The van der Waals surface area contributed by atoms with Gasteiger partial charge in [0.2, 0.25) is 5.91 Å². The molecule has 0 spiro atoms. The molecule has 0 bridgehead atoms. The number of likely N-dealkylation sites (N-methyl/N-ethyl adjacent to an activating group) is 1. The predicted molar refractivity (Wildman–Crippen MR) is 94.6 cm³/mol. The molecule has 1 aromatic rings. The minimum atomic E-state index is -0.293. The van der Waals surface area contributed by atoms with Crippen LogP contribution in [-0.4, -0.2) is 41.9 Å². The van der Waals surface area contributed by atoms with Crippen molar-refractivity contribution in [1.82, 2.24) is 4.90 Å². The van der Waals surface area contributed by atoms with E-state index in [1.54, 1.807) is 23.9 Å². The van der Waals surface area contributed by atoms with Crippen molar-refractivity contribution in [2.24, 2.45) is 0 Å². The number of thioether (sulfide) groups is 1. The number of carbonyl (C=O) groups excluding carboxylic acids is 1. The maximum absolute atomic E-state index is 12.3. The number of benzene rings is 1. The molecule has 2 unspecified atom stereocenters. The minimum absolute atomic E-state index is 0.152. The van der Waals surface area contributed by atoms with Gasteiger partial charge in [-0.1, -0.05) is 23.2 Å². The van der Waals surface area contributed by atoms with E-state index >= 15 is 0 Å². The summed E-state index contributed by atoms with van der Waals surface area (Å²) in [6.45, 7) is 3.94. The second-order valence-corrected chi connectivity index (χ2v) is 6.74. The number of nitrogens with zero attached hydrogens (tertiary/aromatic N) is 1. The largest absolute Gasteiger partial charge is 0.397 e. The molecule has 1 aromatic carbocycles. The third kappa shape index (κ3) is 4.95. The van der Waals surface area contributed by atoms with Gasteiger partial charge in [0.05, 0.1) is 22.4 Å². The summed E-state index contributed by atoms with van der Waals surface area (Å²) < 4.78 is 0. The first kappa shape index (κ1) is 18.4. The van der Waals surface area contributed by atoms with E-state index in [1.807, 2.05) is 25.1 Å². The SMILES string of the molecule is CSCC(C)N(C)C(C)C(=O)Nc1c(N)cc(Cl)cc1Cl. The topological polar surface area (TPSA) is 58.4 Å². The third-order valence-electron chi connectivity index (χ3n) is 3.43. The fraction of sp³-hybridized carbons (Fsp3) is 0.500. The van der Waals surface area contributed by atoms with Crippen LogP contribution in [0.2, 0.25) is 10.0 Å². The second-order valence-electron chi connectivity index (χ2n) is 4.99. The van der Waals surface area contributed by atoms with Gasteiger partial charge < -0.3 is 11.1 Å². The highest BCUT2D eigenvalue weighted by molar-refractivity contribution is 7.98. The fourth-order valence-corrected chi connectivity index (χ4v) is 3.15. The average Bonchev–Trinajstić information content (AvgIpc) is 2.41. The molecule has 0 aliphatic carbocycles. The number of hydrogen-bond acceptors (Lipinski definition) is 4. The lowest BCUT2D eigenvalue weighted by molar-refractivity contribution is -0.120. The minimum Gasteiger partial charge on any atom is -0.397 e. The lowest BCUT2D eigenvalue weighted by Crippen LogP contribution is -2.45. The van der Waals surface area contributed by atoms with E-state index in [0.29, 0.717) is 27.5 Å². The molecule has 7 heteroatoms. The van der Waals surface area contributed by atoms with Crippen LogP contribution in [0.1, 0.15) is 13.8 Å². The van der Waals surface area contributed by atoms with Gasteiger partial charge >= 0.3 is 0 Å². The Kier molecular flexibility index (Phi) is 7.13. The number of hydrogen-bond donors (Lipinski definition) is 2. The summed E-state index contributed by atoms with van der Waals surface area (Å²) in [5, 5.41) is 3.55. The Morgan fingerprint density at radius 3 is 2.57 bits per heavy atom. The monoisotopic (exact) mass is 349 g/mol. The van der Waals surface area contributed by atoms with Crippen LogP contribution < -0.4 is 11.1 Å². The molecule has 0 fully saturated rings. The summed E-state index contributed by atoms with van der Waals surface area (Å²) >= 11 is 13.7. The smallest absolute Gasteiger partial charge is 0.241 e. The van der Waals surface area contributed by atoms with Crippen molar-refractivity contribution < 1.29 is 4.79 Å². The highest BCUT2D eigenvalue weighted by atomic mass is 35.5. The quantitative estimate of drug-likeness (QED) is 0.770. The standard InChI is InChI=1S/C14H21Cl2N3OS/c1-8(7-21-4)19(3)9(2)14(20)18-13-11(16)5-10(15)6-12(13)17/h5-6,8-9H,7,17H2,1-4H3,(H,18,20). The molecular weight excluding hydrogens is 329 g/mol. The van der Waals surface area contributed by atoms with Crippen LogP contribution in [0.3, 0.4) is 0 Å². The molecular formula is C14H21Cl2N3OS. The van der Waals surface area contributed by atoms with Crippen LogP contribution in [0.5, 0.6) is 0 Å². The molecule has 3 N–H and O–H groups in total. The molecule has 4 nitrogen and oxygen atoms in total. The first-order chi connectivity index (χ1) is 9.77. The molecule has 21 heavy (non-hydrogen) atoms. The van der Waals surface area contributed by atoms with Gasteiger partial charge in [-0.15, -0.1) is 0 Å². The highest BCUT2D eigenvalue weighted by Gasteiger charge is 2.23. The third-order valence-corrected chi connectivity index (χ3v) is 4.76. The lowest BCUT2D eigenvalue weighted by Gasteiger charge is -2.29. The predicted octanol–water partition coefficient (Wildman–Crippen LogP) is 3.59. The van der Waals surface area contributed by atoms with Crippen LogP contribution >= 0.6 is 35.0 Å². The Bertz CT molecular complexity index is 490. The number of anilines is 2. The Morgan fingerprint density at radius 1 is 1.43 bits per heavy atom. The molecule has 1 amide bonds. The summed E-state index contributed by atoms with van der Waals surface area (Å²) in [7, 11) is 1.93. The molecule has 0 aliphatic heterocycles. The molecule has 2 atom stereocenters. The zero-order valence-corrected chi connectivity index (χ0v) is 14.9. The van der Waals surface area contributed by atoms with Gasteiger partial charge in [0.15, 0.2) is 0 Å². The van der Waals surface area contributed by atoms with E-state index in [0.717, 1.165) is 5.75 Å². The van der Waals surface area contributed by atoms with Crippen molar-refractivity contribution in [2.75, 3.05) is 30.1 Å². The number of nitrogen functional groups attached to an aromatic ring is 1. The maximum atomic E-state index is 12.3. The van der Waals surface area contributed by atoms with Crippen molar-refractivity contribution in [1.29, 1.82) is 0 Å². The number of rotatable bonds is 6. The summed E-state index contributed by atoms with van der Waals surface area (Å²) in [6, 6.07) is 3.12. The lowest BCUT2D eigenvalue weighted by atomic mass is 10.2. The van der Waals surface area contributed by atoms with Crippen molar-refractivity contribution >= 4 is 52.2 Å². The Morgan fingerprint density at radius 2 is 2.05 bits per heavy atom. The van der Waals surface area contributed by atoms with Gasteiger partial charge in [0.1, 0.15) is 0 Å². The van der Waals surface area contributed by atoms with Gasteiger partial charge in [0.25, 0.3) is 0 Å². The molecule has 0 radical (unpaired) electrons. The number of nitrogens with one attached hydrogen (secondary N) is 1. The zero-order chi connectivity index (χ0) is 16.2. The van der Waals surface area contributed by atoms with Crippen LogP contribution in [0, 0.1) is 0 Å². The number of carbonyl (C=O) groups is 1. The Balaban J connectivity index is 2.82. The maximum Gasteiger partial charge on any atom is 0.241 e. The van der Waals surface area contributed by atoms with E-state index in [2.05, 4.69) is 12.2 Å². The van der Waals surface area contributed by atoms with Crippen molar-refractivity contribution in [3.63, 3.8) is 0 Å². The molecule has 0 aromatic heterocycles. The second kappa shape index (κ2) is 8.13. The molecule has 1 rings (SSSR count). The number of halogens is 2. The van der Waals surface area contributed by atoms with E-state index in [-0.39, 0.29) is 11.9 Å². The van der Waals surface area contributed by atoms with Gasteiger partial charge in [-0.3, -0.25) is 9.69 Å². The average molecular weight is 350 g/mol. The van der Waals surface area contributed by atoms with Gasteiger partial charge in [-0.2, -0.15) is 11.8 Å². The molecule has 0 saturated carbocycles. The zero-order valence-electron chi connectivity index (χ0n) is 12.6. The van der Waals surface area contributed by atoms with E-state index in [4.69, 9.17) is 28.9 Å². The van der Waals surface area contributed by atoms with Crippen LogP contribution in [0.4, 0.5) is 11.4 Å². The number of amides is 1. The van der Waals surface area contributed by atoms with Crippen LogP contribution in [0.25, 0.3) is 0 Å². The van der Waals surface area contributed by atoms with Crippen molar-refractivity contribution in [3.05, 3.63) is 22.2 Å². The Labute approximate surface area is 140 Å². The van der Waals surface area contributed by atoms with E-state index in [1.165, 1.54) is 0 Å². The summed E-state index contributed by atoms with van der Waals surface area (Å²) in [4.78, 5) is 14.4. The fourth-order valence-electron chi connectivity index (χ4n) is 1.88. The summed E-state index contributed by atoms with van der Waals surface area (Å²) in [6.07, 6.45) is 2.04. The Hall–Kier alpha value is -0.620. The van der Waals surface area contributed by atoms with Gasteiger partial charge in [-0.25, -0.2) is 0 Å². The molecule has 118 valence electrons. The molecule has 0 aliphatic rings. The summed E-state index contributed by atoms with van der Waals surface area (Å²) in [5.41, 5.74) is 6.61.